The van der Waals surface area contributed by atoms with E-state index in [9.17, 15) is 14.7 Å². The zero-order valence-corrected chi connectivity index (χ0v) is 18.0. The summed E-state index contributed by atoms with van der Waals surface area (Å²) in [7, 11) is 0. The van der Waals surface area contributed by atoms with Gasteiger partial charge in [0, 0.05) is 18.9 Å². The quantitative estimate of drug-likeness (QED) is 0.518. The van der Waals surface area contributed by atoms with E-state index in [1.165, 1.54) is 0 Å². The minimum Gasteiger partial charge on any atom is -0.449 e. The van der Waals surface area contributed by atoms with Crippen LogP contribution < -0.4 is 5.32 Å². The molecule has 1 heterocycles. The number of nitrogens with one attached hydrogen (secondary N) is 1. The Hall–Kier alpha value is -2.00. The van der Waals surface area contributed by atoms with Crippen molar-refractivity contribution in [2.24, 2.45) is 23.7 Å². The minimum atomic E-state index is -0.417. The van der Waals surface area contributed by atoms with Crippen LogP contribution in [-0.4, -0.2) is 64.9 Å². The lowest BCUT2D eigenvalue weighted by Gasteiger charge is -2.09. The van der Waals surface area contributed by atoms with Gasteiger partial charge in [0.1, 0.15) is 5.78 Å². The van der Waals surface area contributed by atoms with Crippen LogP contribution in [0.2, 0.25) is 0 Å². The number of amides is 1. The first-order chi connectivity index (χ1) is 14.5. The van der Waals surface area contributed by atoms with E-state index in [-0.39, 0.29) is 18.3 Å². The molecule has 0 aliphatic heterocycles. The predicted molar refractivity (Wildman–Crippen MR) is 109 cm³/mol. The van der Waals surface area contributed by atoms with Gasteiger partial charge in [0.25, 0.3) is 0 Å². The Morgan fingerprint density at radius 3 is 2.73 bits per heavy atom. The molecular weight excluding hydrogens is 388 g/mol. The van der Waals surface area contributed by atoms with Crippen molar-refractivity contribution in [2.75, 3.05) is 33.0 Å². The second-order valence-electron chi connectivity index (χ2n) is 8.51. The summed E-state index contributed by atoms with van der Waals surface area (Å²) < 4.78 is 12.6. The molecule has 0 aromatic carbocycles. The van der Waals surface area contributed by atoms with Gasteiger partial charge in [-0.15, -0.1) is 5.10 Å². The lowest BCUT2D eigenvalue weighted by atomic mass is 10.0. The molecule has 1 fully saturated rings. The standard InChI is InChI=1S/C21H34N4O5/c1-14(2)20(27)7-11-29-12-8-22-21(28)30-13-17-15-3-5-18-19(6-4-16(15)17)25(9-10-26)24-23-18/h14-17,26H,3-13H2,1-2H3,(H,22,28). The third-order valence-corrected chi connectivity index (χ3v) is 6.23. The normalized spacial score (nSPS) is 22.6. The van der Waals surface area contributed by atoms with E-state index in [1.54, 1.807) is 0 Å². The van der Waals surface area contributed by atoms with Gasteiger partial charge in [0.15, 0.2) is 0 Å². The molecule has 1 aromatic heterocycles. The molecule has 2 aliphatic carbocycles. The molecule has 0 bridgehead atoms. The van der Waals surface area contributed by atoms with Crippen LogP contribution in [-0.2, 0) is 33.7 Å². The van der Waals surface area contributed by atoms with Crippen molar-refractivity contribution in [3.05, 3.63) is 11.4 Å². The van der Waals surface area contributed by atoms with Crippen LogP contribution in [0.15, 0.2) is 0 Å². The van der Waals surface area contributed by atoms with Crippen LogP contribution in [0.1, 0.15) is 44.5 Å². The average Bonchev–Trinajstić information content (AvgIpc) is 3.22. The molecule has 3 atom stereocenters. The number of ether oxygens (including phenoxy) is 2. The Bertz CT molecular complexity index is 720. The zero-order chi connectivity index (χ0) is 21.5. The number of alkyl carbamates (subject to hydrolysis) is 1. The highest BCUT2D eigenvalue weighted by Gasteiger charge is 2.50. The molecule has 2 aliphatic rings. The molecule has 1 aromatic rings. The van der Waals surface area contributed by atoms with Gasteiger partial charge in [0.2, 0.25) is 0 Å². The summed E-state index contributed by atoms with van der Waals surface area (Å²) in [5, 5.41) is 20.3. The van der Waals surface area contributed by atoms with Gasteiger partial charge < -0.3 is 19.9 Å². The van der Waals surface area contributed by atoms with E-state index >= 15 is 0 Å². The number of carbonyl (C=O) groups excluding carboxylic acids is 2. The monoisotopic (exact) mass is 422 g/mol. The van der Waals surface area contributed by atoms with Gasteiger partial charge in [-0.3, -0.25) is 4.79 Å². The van der Waals surface area contributed by atoms with E-state index in [4.69, 9.17) is 9.47 Å². The van der Waals surface area contributed by atoms with E-state index in [0.29, 0.717) is 57.1 Å². The van der Waals surface area contributed by atoms with Crippen molar-refractivity contribution in [1.82, 2.24) is 20.3 Å². The summed E-state index contributed by atoms with van der Waals surface area (Å²) in [4.78, 5) is 23.4. The number of aryl methyl sites for hydroxylation is 1. The Morgan fingerprint density at radius 2 is 2.00 bits per heavy atom. The van der Waals surface area contributed by atoms with E-state index in [0.717, 1.165) is 37.1 Å². The molecule has 9 heteroatoms. The molecule has 3 rings (SSSR count). The number of ketones is 1. The first-order valence-electron chi connectivity index (χ1n) is 11.0. The fourth-order valence-corrected chi connectivity index (χ4v) is 4.36. The van der Waals surface area contributed by atoms with Crippen molar-refractivity contribution in [1.29, 1.82) is 0 Å². The lowest BCUT2D eigenvalue weighted by molar-refractivity contribution is -0.122. The first-order valence-corrected chi connectivity index (χ1v) is 11.0. The molecule has 1 amide bonds. The second kappa shape index (κ2) is 10.9. The van der Waals surface area contributed by atoms with Crippen LogP contribution in [0.25, 0.3) is 0 Å². The summed E-state index contributed by atoms with van der Waals surface area (Å²) in [6.45, 7) is 5.86. The fraction of sp³-hybridized carbons (Fsp3) is 0.810. The largest absolute Gasteiger partial charge is 0.449 e. The molecule has 168 valence electrons. The smallest absolute Gasteiger partial charge is 0.407 e. The zero-order valence-electron chi connectivity index (χ0n) is 18.0. The average molecular weight is 423 g/mol. The van der Waals surface area contributed by atoms with Gasteiger partial charge in [-0.05, 0) is 43.4 Å². The SMILES string of the molecule is CC(C)C(=O)CCOCCNC(=O)OCC1C2CCc3nnn(CCO)c3CCC21. The molecular formula is C21H34N4O5. The number of aliphatic hydroxyl groups is 1. The third kappa shape index (κ3) is 6.01. The first kappa shape index (κ1) is 22.7. The van der Waals surface area contributed by atoms with Crippen molar-refractivity contribution in [2.45, 2.75) is 52.5 Å². The van der Waals surface area contributed by atoms with E-state index in [1.807, 2.05) is 18.5 Å². The number of hydrogen-bond acceptors (Lipinski definition) is 7. The summed E-state index contributed by atoms with van der Waals surface area (Å²) in [5.74, 6) is 1.78. The number of nitrogens with zero attached hydrogens (tertiary/aromatic N) is 3. The molecule has 0 spiro atoms. The van der Waals surface area contributed by atoms with Gasteiger partial charge >= 0.3 is 6.09 Å². The highest BCUT2D eigenvalue weighted by molar-refractivity contribution is 5.80. The van der Waals surface area contributed by atoms with Crippen molar-refractivity contribution in [3.63, 3.8) is 0 Å². The number of rotatable bonds is 11. The van der Waals surface area contributed by atoms with Crippen molar-refractivity contribution < 1.29 is 24.2 Å². The maximum atomic E-state index is 11.9. The molecule has 3 unspecified atom stereocenters. The topological polar surface area (TPSA) is 116 Å². The second-order valence-corrected chi connectivity index (χ2v) is 8.51. The Kier molecular flexibility index (Phi) is 8.21. The Morgan fingerprint density at radius 1 is 1.23 bits per heavy atom. The number of Topliss-reactive ketones (excluding diaryl/α,β-unsaturated/α-hetero) is 1. The Balaban J connectivity index is 1.29. The minimum absolute atomic E-state index is 0.0297. The van der Waals surface area contributed by atoms with E-state index < -0.39 is 6.09 Å². The van der Waals surface area contributed by atoms with Gasteiger partial charge in [-0.25, -0.2) is 9.48 Å². The van der Waals surface area contributed by atoms with Gasteiger partial charge in [-0.2, -0.15) is 0 Å². The van der Waals surface area contributed by atoms with Crippen LogP contribution in [0.5, 0.6) is 0 Å². The summed E-state index contributed by atoms with van der Waals surface area (Å²) in [6.07, 6.45) is 3.86. The maximum Gasteiger partial charge on any atom is 0.407 e. The number of hydrogen-bond donors (Lipinski definition) is 2. The third-order valence-electron chi connectivity index (χ3n) is 6.23. The van der Waals surface area contributed by atoms with Crippen LogP contribution in [0.4, 0.5) is 4.79 Å². The van der Waals surface area contributed by atoms with Gasteiger partial charge in [0.05, 0.1) is 44.4 Å². The highest BCUT2D eigenvalue weighted by Crippen LogP contribution is 2.52. The fourth-order valence-electron chi connectivity index (χ4n) is 4.36. The predicted octanol–water partition coefficient (Wildman–Crippen LogP) is 1.37. The van der Waals surface area contributed by atoms with Gasteiger partial charge in [-0.1, -0.05) is 19.1 Å². The Labute approximate surface area is 177 Å². The molecule has 2 N–H and O–H groups in total. The van der Waals surface area contributed by atoms with Crippen LogP contribution in [0.3, 0.4) is 0 Å². The number of carbonyl (C=O) groups is 2. The van der Waals surface area contributed by atoms with Crippen LogP contribution in [0, 0.1) is 23.7 Å². The van der Waals surface area contributed by atoms with Crippen LogP contribution >= 0.6 is 0 Å². The van der Waals surface area contributed by atoms with Crippen molar-refractivity contribution in [3.8, 4) is 0 Å². The number of aliphatic hydroxyl groups excluding tert-OH is 1. The summed E-state index contributed by atoms with van der Waals surface area (Å²) in [6, 6.07) is 0. The number of aromatic nitrogens is 3. The summed E-state index contributed by atoms with van der Waals surface area (Å²) >= 11 is 0. The molecule has 9 nitrogen and oxygen atoms in total. The summed E-state index contributed by atoms with van der Waals surface area (Å²) in [5.41, 5.74) is 2.18. The lowest BCUT2D eigenvalue weighted by Crippen LogP contribution is -2.29. The molecule has 30 heavy (non-hydrogen) atoms. The molecule has 1 saturated carbocycles. The number of fused-ring (bicyclic) bond motifs is 2. The van der Waals surface area contributed by atoms with E-state index in [2.05, 4.69) is 15.6 Å². The van der Waals surface area contributed by atoms with Crippen molar-refractivity contribution >= 4 is 11.9 Å². The highest BCUT2D eigenvalue weighted by atomic mass is 16.5. The maximum absolute atomic E-state index is 11.9. The molecule has 0 saturated heterocycles. The molecule has 0 radical (unpaired) electrons.